The van der Waals surface area contributed by atoms with Gasteiger partial charge in [-0.25, -0.2) is 10.8 Å². The lowest BCUT2D eigenvalue weighted by molar-refractivity contribution is 0.0587. The molecule has 1 saturated heterocycles. The maximum Gasteiger partial charge on any atom is 0.253 e. The zero-order valence-corrected chi connectivity index (χ0v) is 12.8. The highest BCUT2D eigenvalue weighted by molar-refractivity contribution is 5.94. The molecular formula is C15H24N4O2. The second kappa shape index (κ2) is 7.38. The molecule has 0 radical (unpaired) electrons. The van der Waals surface area contributed by atoms with Gasteiger partial charge in [0, 0.05) is 31.5 Å². The molecule has 1 aromatic heterocycles. The fourth-order valence-electron chi connectivity index (χ4n) is 2.57. The fourth-order valence-corrected chi connectivity index (χ4v) is 2.57. The number of nitrogens with two attached hydrogens (primary N) is 1. The SMILES string of the molecule is CCCc1cc(C(=O)N(C)CC2CCCO2)cc(NN)n1. The van der Waals surface area contributed by atoms with Crippen LogP contribution in [0.3, 0.4) is 0 Å². The van der Waals surface area contributed by atoms with Crippen molar-refractivity contribution >= 4 is 11.7 Å². The lowest BCUT2D eigenvalue weighted by Crippen LogP contribution is -2.34. The Kier molecular flexibility index (Phi) is 5.52. The van der Waals surface area contributed by atoms with Crippen LogP contribution in [0.15, 0.2) is 12.1 Å². The first kappa shape index (κ1) is 15.7. The van der Waals surface area contributed by atoms with Gasteiger partial charge in [-0.05, 0) is 31.4 Å². The third-order valence-corrected chi connectivity index (χ3v) is 3.63. The molecule has 1 amide bonds. The molecule has 21 heavy (non-hydrogen) atoms. The average Bonchev–Trinajstić information content (AvgIpc) is 2.99. The molecule has 0 bridgehead atoms. The van der Waals surface area contributed by atoms with E-state index in [-0.39, 0.29) is 12.0 Å². The summed E-state index contributed by atoms with van der Waals surface area (Å²) in [6.45, 7) is 3.49. The Morgan fingerprint density at radius 2 is 2.38 bits per heavy atom. The summed E-state index contributed by atoms with van der Waals surface area (Å²) in [5, 5.41) is 0. The number of anilines is 1. The van der Waals surface area contributed by atoms with E-state index in [1.165, 1.54) is 0 Å². The first-order chi connectivity index (χ1) is 10.1. The van der Waals surface area contributed by atoms with E-state index in [2.05, 4.69) is 17.3 Å². The Labute approximate surface area is 125 Å². The van der Waals surface area contributed by atoms with Gasteiger partial charge < -0.3 is 15.1 Å². The molecule has 1 atom stereocenters. The Bertz CT molecular complexity index is 487. The summed E-state index contributed by atoms with van der Waals surface area (Å²) in [7, 11) is 1.81. The Balaban J connectivity index is 2.10. The number of aromatic nitrogens is 1. The van der Waals surface area contributed by atoms with E-state index in [1.807, 2.05) is 6.07 Å². The molecule has 1 unspecified atom stereocenters. The minimum absolute atomic E-state index is 0.0262. The summed E-state index contributed by atoms with van der Waals surface area (Å²) in [4.78, 5) is 18.6. The van der Waals surface area contributed by atoms with Gasteiger partial charge in [0.1, 0.15) is 5.82 Å². The molecule has 1 fully saturated rings. The maximum atomic E-state index is 12.5. The number of carbonyl (C=O) groups excluding carboxylic acids is 1. The van der Waals surface area contributed by atoms with Gasteiger partial charge in [0.2, 0.25) is 0 Å². The van der Waals surface area contributed by atoms with Crippen molar-refractivity contribution in [1.29, 1.82) is 0 Å². The van der Waals surface area contributed by atoms with Gasteiger partial charge in [-0.1, -0.05) is 13.3 Å². The second-order valence-corrected chi connectivity index (χ2v) is 5.45. The van der Waals surface area contributed by atoms with Crippen LogP contribution in [0.25, 0.3) is 0 Å². The highest BCUT2D eigenvalue weighted by Gasteiger charge is 2.21. The van der Waals surface area contributed by atoms with Crippen LogP contribution in [0.5, 0.6) is 0 Å². The first-order valence-electron chi connectivity index (χ1n) is 7.48. The van der Waals surface area contributed by atoms with Gasteiger partial charge in [0.15, 0.2) is 0 Å². The minimum Gasteiger partial charge on any atom is -0.376 e. The topological polar surface area (TPSA) is 80.5 Å². The van der Waals surface area contributed by atoms with E-state index < -0.39 is 0 Å². The summed E-state index contributed by atoms with van der Waals surface area (Å²) in [5.41, 5.74) is 4.02. The van der Waals surface area contributed by atoms with Gasteiger partial charge >= 0.3 is 0 Å². The van der Waals surface area contributed by atoms with Crippen molar-refractivity contribution in [3.8, 4) is 0 Å². The van der Waals surface area contributed by atoms with E-state index in [0.29, 0.717) is 17.9 Å². The van der Waals surface area contributed by atoms with Crippen LogP contribution in [0.1, 0.15) is 42.2 Å². The molecule has 3 N–H and O–H groups in total. The number of hydrazine groups is 1. The van der Waals surface area contributed by atoms with Crippen molar-refractivity contribution < 1.29 is 9.53 Å². The quantitative estimate of drug-likeness (QED) is 0.614. The zero-order chi connectivity index (χ0) is 15.2. The number of nitrogens with one attached hydrogen (secondary N) is 1. The van der Waals surface area contributed by atoms with E-state index in [1.54, 1.807) is 18.0 Å². The van der Waals surface area contributed by atoms with E-state index in [9.17, 15) is 4.79 Å². The summed E-state index contributed by atoms with van der Waals surface area (Å²) in [5.74, 6) is 5.93. The monoisotopic (exact) mass is 292 g/mol. The number of rotatable bonds is 6. The van der Waals surface area contributed by atoms with E-state index in [4.69, 9.17) is 10.6 Å². The third-order valence-electron chi connectivity index (χ3n) is 3.63. The number of pyridine rings is 1. The first-order valence-corrected chi connectivity index (χ1v) is 7.48. The third kappa shape index (κ3) is 4.15. The normalized spacial score (nSPS) is 17.8. The predicted molar refractivity (Wildman–Crippen MR) is 82.0 cm³/mol. The van der Waals surface area contributed by atoms with Gasteiger partial charge in [-0.15, -0.1) is 0 Å². The number of nitrogens with zero attached hydrogens (tertiary/aromatic N) is 2. The average molecular weight is 292 g/mol. The van der Waals surface area contributed by atoms with Gasteiger partial charge in [0.05, 0.1) is 6.10 Å². The molecule has 6 nitrogen and oxygen atoms in total. The van der Waals surface area contributed by atoms with Gasteiger partial charge in [-0.3, -0.25) is 4.79 Å². The summed E-state index contributed by atoms with van der Waals surface area (Å²) in [6, 6.07) is 3.53. The number of ether oxygens (including phenoxy) is 1. The molecule has 0 spiro atoms. The van der Waals surface area contributed by atoms with Crippen LogP contribution in [0, 0.1) is 0 Å². The zero-order valence-electron chi connectivity index (χ0n) is 12.8. The standard InChI is InChI=1S/C15H24N4O2/c1-3-5-12-8-11(9-14(17-12)18-16)15(20)19(2)10-13-6-4-7-21-13/h8-9,13H,3-7,10,16H2,1-2H3,(H,17,18). The van der Waals surface area contributed by atoms with Crippen LogP contribution in [-0.4, -0.2) is 42.1 Å². The highest BCUT2D eigenvalue weighted by atomic mass is 16.5. The van der Waals surface area contributed by atoms with Crippen molar-refractivity contribution in [2.24, 2.45) is 5.84 Å². The molecular weight excluding hydrogens is 268 g/mol. The van der Waals surface area contributed by atoms with Gasteiger partial charge in [0.25, 0.3) is 5.91 Å². The van der Waals surface area contributed by atoms with Crippen LogP contribution >= 0.6 is 0 Å². The lowest BCUT2D eigenvalue weighted by Gasteiger charge is -2.21. The maximum absolute atomic E-state index is 12.5. The number of carbonyl (C=O) groups is 1. The van der Waals surface area contributed by atoms with E-state index in [0.717, 1.165) is 38.0 Å². The molecule has 0 aliphatic carbocycles. The lowest BCUT2D eigenvalue weighted by atomic mass is 10.1. The molecule has 1 aliphatic rings. The molecule has 116 valence electrons. The van der Waals surface area contributed by atoms with Crippen molar-refractivity contribution in [1.82, 2.24) is 9.88 Å². The fraction of sp³-hybridized carbons (Fsp3) is 0.600. The van der Waals surface area contributed by atoms with Crippen LogP contribution in [0.2, 0.25) is 0 Å². The number of aryl methyl sites for hydroxylation is 1. The van der Waals surface area contributed by atoms with Gasteiger partial charge in [-0.2, -0.15) is 0 Å². The Hall–Kier alpha value is -1.66. The minimum atomic E-state index is -0.0262. The van der Waals surface area contributed by atoms with Crippen LogP contribution < -0.4 is 11.3 Å². The number of nitrogen functional groups attached to an aromatic ring is 1. The van der Waals surface area contributed by atoms with Crippen molar-refractivity contribution in [3.63, 3.8) is 0 Å². The van der Waals surface area contributed by atoms with Crippen molar-refractivity contribution in [2.45, 2.75) is 38.7 Å². The molecule has 2 rings (SSSR count). The van der Waals surface area contributed by atoms with Crippen molar-refractivity contribution in [3.05, 3.63) is 23.4 Å². The number of hydrogen-bond donors (Lipinski definition) is 2. The molecule has 6 heteroatoms. The Morgan fingerprint density at radius 1 is 1.57 bits per heavy atom. The molecule has 0 saturated carbocycles. The van der Waals surface area contributed by atoms with Crippen molar-refractivity contribution in [2.75, 3.05) is 25.6 Å². The largest absolute Gasteiger partial charge is 0.376 e. The highest BCUT2D eigenvalue weighted by Crippen LogP contribution is 2.16. The molecule has 0 aromatic carbocycles. The van der Waals surface area contributed by atoms with Crippen LogP contribution in [0.4, 0.5) is 5.82 Å². The number of hydrogen-bond acceptors (Lipinski definition) is 5. The molecule has 1 aromatic rings. The molecule has 2 heterocycles. The smallest absolute Gasteiger partial charge is 0.253 e. The Morgan fingerprint density at radius 3 is 3.00 bits per heavy atom. The summed E-state index contributed by atoms with van der Waals surface area (Å²) in [6.07, 6.45) is 4.04. The number of amides is 1. The second-order valence-electron chi connectivity index (χ2n) is 5.45. The predicted octanol–water partition coefficient (Wildman–Crippen LogP) is 1.57. The van der Waals surface area contributed by atoms with E-state index >= 15 is 0 Å². The van der Waals surface area contributed by atoms with Crippen LogP contribution in [-0.2, 0) is 11.2 Å². The molecule has 1 aliphatic heterocycles. The number of likely N-dealkylation sites (N-methyl/N-ethyl adjacent to an activating group) is 1. The summed E-state index contributed by atoms with van der Waals surface area (Å²) < 4.78 is 5.58. The summed E-state index contributed by atoms with van der Waals surface area (Å²) >= 11 is 0.